The molecule has 0 amide bonds. The lowest BCUT2D eigenvalue weighted by Gasteiger charge is -2.39. The van der Waals surface area contributed by atoms with Crippen molar-refractivity contribution in [2.75, 3.05) is 13.2 Å². The van der Waals surface area contributed by atoms with E-state index in [-0.39, 0.29) is 17.6 Å². The van der Waals surface area contributed by atoms with E-state index in [9.17, 15) is 4.79 Å². The van der Waals surface area contributed by atoms with Crippen LogP contribution in [-0.4, -0.2) is 33.1 Å². The van der Waals surface area contributed by atoms with Gasteiger partial charge in [-0.15, -0.1) is 0 Å². The summed E-state index contributed by atoms with van der Waals surface area (Å²) in [5.41, 5.74) is 0.572. The lowest BCUT2D eigenvalue weighted by atomic mass is 9.79. The zero-order chi connectivity index (χ0) is 25.6. The van der Waals surface area contributed by atoms with E-state index in [2.05, 4.69) is 49.8 Å². The van der Waals surface area contributed by atoms with Gasteiger partial charge in [-0.1, -0.05) is 79.2 Å². The van der Waals surface area contributed by atoms with Crippen LogP contribution in [0.5, 0.6) is 0 Å². The number of esters is 1. The van der Waals surface area contributed by atoms with Gasteiger partial charge in [0.25, 0.3) is 0 Å². The summed E-state index contributed by atoms with van der Waals surface area (Å²) in [7, 11) is -1.87. The van der Waals surface area contributed by atoms with E-state index < -0.39 is 19.3 Å². The molecule has 0 fully saturated rings. The third-order valence-electron chi connectivity index (χ3n) is 6.81. The molecule has 2 rings (SSSR count). The molecule has 0 radical (unpaired) electrons. The van der Waals surface area contributed by atoms with E-state index in [4.69, 9.17) is 13.9 Å². The van der Waals surface area contributed by atoms with E-state index in [1.807, 2.05) is 75.4 Å². The molecule has 4 nitrogen and oxygen atoms in total. The first kappa shape index (κ1) is 28.8. The number of halogens is 1. The standard InChI is InChI=1S/C28H41BrO4Si/c1-26(2,3)34(7,8)33-21-27(4,5)32-18-17-28(6,23-15-12-16-24(29)19-23)25(30)31-20-22-13-10-9-11-14-22/h9-16,19H,17-18,20-21H2,1-8H3. The minimum Gasteiger partial charge on any atom is -0.460 e. The van der Waals surface area contributed by atoms with Crippen molar-refractivity contribution in [2.24, 2.45) is 0 Å². The lowest BCUT2D eigenvalue weighted by Crippen LogP contribution is -2.45. The van der Waals surface area contributed by atoms with E-state index in [0.717, 1.165) is 15.6 Å². The fourth-order valence-corrected chi connectivity index (χ4v) is 4.76. The highest BCUT2D eigenvalue weighted by molar-refractivity contribution is 9.10. The van der Waals surface area contributed by atoms with Gasteiger partial charge in [0.2, 0.25) is 0 Å². The maximum absolute atomic E-state index is 13.4. The Morgan fingerprint density at radius 3 is 2.18 bits per heavy atom. The second kappa shape index (κ2) is 11.5. The summed E-state index contributed by atoms with van der Waals surface area (Å²) in [5.74, 6) is -0.256. The van der Waals surface area contributed by atoms with Gasteiger partial charge in [-0.25, -0.2) is 0 Å². The molecule has 0 aliphatic rings. The van der Waals surface area contributed by atoms with Crippen molar-refractivity contribution in [3.05, 3.63) is 70.2 Å². The van der Waals surface area contributed by atoms with Gasteiger partial charge in [0.15, 0.2) is 8.32 Å². The lowest BCUT2D eigenvalue weighted by molar-refractivity contribution is -0.153. The molecule has 34 heavy (non-hydrogen) atoms. The predicted octanol–water partition coefficient (Wildman–Crippen LogP) is 7.66. The van der Waals surface area contributed by atoms with Gasteiger partial charge in [-0.3, -0.25) is 4.79 Å². The maximum Gasteiger partial charge on any atom is 0.316 e. The molecule has 1 unspecified atom stereocenters. The van der Waals surface area contributed by atoms with Crippen molar-refractivity contribution < 1.29 is 18.7 Å². The molecule has 0 bridgehead atoms. The van der Waals surface area contributed by atoms with Crippen LogP contribution in [0.4, 0.5) is 0 Å². The zero-order valence-corrected chi connectivity index (χ0v) is 24.6. The molecule has 0 spiro atoms. The summed E-state index contributed by atoms with van der Waals surface area (Å²) in [4.78, 5) is 13.4. The highest BCUT2D eigenvalue weighted by atomic mass is 79.9. The molecule has 0 aliphatic carbocycles. The topological polar surface area (TPSA) is 44.8 Å². The highest BCUT2D eigenvalue weighted by Crippen LogP contribution is 2.37. The van der Waals surface area contributed by atoms with Gasteiger partial charge in [0.1, 0.15) is 6.61 Å². The average Bonchev–Trinajstić information content (AvgIpc) is 2.76. The third kappa shape index (κ3) is 8.04. The number of ether oxygens (including phenoxy) is 2. The molecule has 0 aromatic heterocycles. The molecule has 0 N–H and O–H groups in total. The predicted molar refractivity (Wildman–Crippen MR) is 146 cm³/mol. The van der Waals surface area contributed by atoms with E-state index >= 15 is 0 Å². The normalized spacial score (nSPS) is 14.5. The van der Waals surface area contributed by atoms with Crippen LogP contribution < -0.4 is 0 Å². The number of benzene rings is 2. The first-order valence-electron chi connectivity index (χ1n) is 11.9. The smallest absolute Gasteiger partial charge is 0.316 e. The monoisotopic (exact) mass is 548 g/mol. The van der Waals surface area contributed by atoms with E-state index in [0.29, 0.717) is 19.6 Å². The Morgan fingerprint density at radius 1 is 0.941 bits per heavy atom. The molecule has 2 aromatic rings. The van der Waals surface area contributed by atoms with Crippen LogP contribution in [0.25, 0.3) is 0 Å². The largest absolute Gasteiger partial charge is 0.460 e. The van der Waals surface area contributed by atoms with Gasteiger partial charge in [0.05, 0.1) is 17.6 Å². The summed E-state index contributed by atoms with van der Waals surface area (Å²) in [5, 5.41) is 0.144. The Morgan fingerprint density at radius 2 is 1.59 bits per heavy atom. The molecule has 0 heterocycles. The van der Waals surface area contributed by atoms with Crippen LogP contribution in [0.3, 0.4) is 0 Å². The Balaban J connectivity index is 2.09. The fourth-order valence-electron chi connectivity index (χ4n) is 3.22. The number of carbonyl (C=O) groups excluding carboxylic acids is 1. The summed E-state index contributed by atoms with van der Waals surface area (Å²) < 4.78 is 19.4. The van der Waals surface area contributed by atoms with E-state index in [1.165, 1.54) is 0 Å². The number of rotatable bonds is 11. The molecule has 6 heteroatoms. The molecular weight excluding hydrogens is 508 g/mol. The van der Waals surface area contributed by atoms with Crippen molar-refractivity contribution >= 4 is 30.2 Å². The average molecular weight is 550 g/mol. The van der Waals surface area contributed by atoms with Crippen LogP contribution in [0.15, 0.2) is 59.1 Å². The van der Waals surface area contributed by atoms with Crippen molar-refractivity contribution in [2.45, 2.75) is 83.7 Å². The quantitative estimate of drug-likeness (QED) is 0.213. The number of hydrogen-bond donors (Lipinski definition) is 0. The van der Waals surface area contributed by atoms with E-state index in [1.54, 1.807) is 0 Å². The Hall–Kier alpha value is -1.47. The van der Waals surface area contributed by atoms with Crippen molar-refractivity contribution in [3.8, 4) is 0 Å². The summed E-state index contributed by atoms with van der Waals surface area (Å²) in [6.45, 7) is 18.4. The summed E-state index contributed by atoms with van der Waals surface area (Å²) in [6.07, 6.45) is 0.501. The molecule has 0 saturated heterocycles. The SMILES string of the molecule is CC(C)(CO[Si](C)(C)C(C)(C)C)OCCC(C)(C(=O)OCc1ccccc1)c1cccc(Br)c1. The van der Waals surface area contributed by atoms with Crippen molar-refractivity contribution in [1.82, 2.24) is 0 Å². The second-order valence-electron chi connectivity index (χ2n) is 11.3. The second-order valence-corrected chi connectivity index (χ2v) is 17.0. The van der Waals surface area contributed by atoms with Crippen LogP contribution in [0, 0.1) is 0 Å². The van der Waals surface area contributed by atoms with Gasteiger partial charge in [-0.05, 0) is 68.6 Å². The van der Waals surface area contributed by atoms with Crippen LogP contribution >= 0.6 is 15.9 Å². The van der Waals surface area contributed by atoms with Crippen LogP contribution in [0.1, 0.15) is 59.1 Å². The number of carbonyl (C=O) groups is 1. The first-order chi connectivity index (χ1) is 15.7. The van der Waals surface area contributed by atoms with Gasteiger partial charge < -0.3 is 13.9 Å². The Kier molecular flexibility index (Phi) is 9.74. The summed E-state index contributed by atoms with van der Waals surface area (Å²) in [6, 6.07) is 17.6. The van der Waals surface area contributed by atoms with Gasteiger partial charge >= 0.3 is 5.97 Å². The van der Waals surface area contributed by atoms with Gasteiger partial charge in [-0.2, -0.15) is 0 Å². The maximum atomic E-state index is 13.4. The van der Waals surface area contributed by atoms with Crippen molar-refractivity contribution in [3.63, 3.8) is 0 Å². The Bertz CT molecular complexity index is 937. The molecule has 1 atom stereocenters. The molecular formula is C28H41BrO4Si. The van der Waals surface area contributed by atoms with Gasteiger partial charge in [0, 0.05) is 11.1 Å². The van der Waals surface area contributed by atoms with Crippen LogP contribution in [-0.2, 0) is 30.7 Å². The fraction of sp³-hybridized carbons (Fsp3) is 0.536. The Labute approximate surface area is 215 Å². The minimum atomic E-state index is -1.87. The third-order valence-corrected chi connectivity index (χ3v) is 11.8. The van der Waals surface area contributed by atoms with Crippen LogP contribution in [0.2, 0.25) is 18.1 Å². The van der Waals surface area contributed by atoms with Crippen molar-refractivity contribution in [1.29, 1.82) is 0 Å². The summed E-state index contributed by atoms with van der Waals surface area (Å²) >= 11 is 3.54. The minimum absolute atomic E-state index is 0.144. The molecule has 0 aliphatic heterocycles. The molecule has 2 aromatic carbocycles. The highest BCUT2D eigenvalue weighted by Gasteiger charge is 2.40. The number of hydrogen-bond acceptors (Lipinski definition) is 4. The first-order valence-corrected chi connectivity index (χ1v) is 15.6. The molecule has 0 saturated carbocycles. The zero-order valence-electron chi connectivity index (χ0n) is 22.0. The molecule has 188 valence electrons.